The summed E-state index contributed by atoms with van der Waals surface area (Å²) in [6, 6.07) is 8.71. The van der Waals surface area contributed by atoms with Crippen LogP contribution < -0.4 is 0 Å². The van der Waals surface area contributed by atoms with Crippen LogP contribution in [0, 0.1) is 47.3 Å². The summed E-state index contributed by atoms with van der Waals surface area (Å²) in [5.41, 5.74) is 0. The van der Waals surface area contributed by atoms with E-state index in [9.17, 15) is 0 Å². The van der Waals surface area contributed by atoms with Crippen molar-refractivity contribution in [2.45, 2.75) is 145 Å². The fourth-order valence-electron chi connectivity index (χ4n) is 8.81. The van der Waals surface area contributed by atoms with Crippen molar-refractivity contribution in [2.75, 3.05) is 0 Å². The number of benzene rings is 1. The molecule has 6 aliphatic rings. The molecular weight excluding hydrogens is 448 g/mol. The molecule has 8 unspecified atom stereocenters. The van der Waals surface area contributed by atoms with Crippen molar-refractivity contribution >= 4 is 0 Å². The molecule has 0 amide bonds. The third-order valence-electron chi connectivity index (χ3n) is 9.96. The molecule has 8 atom stereocenters. The number of hydrogen-bond acceptors (Lipinski definition) is 1. The number of aromatic hydroxyl groups is 1. The summed E-state index contributed by atoms with van der Waals surface area (Å²) < 4.78 is 0. The maximum Gasteiger partial charge on any atom is 0.115 e. The lowest BCUT2D eigenvalue weighted by atomic mass is 9.71. The fourth-order valence-corrected chi connectivity index (χ4v) is 8.81. The maximum atomic E-state index is 8.63. The van der Waals surface area contributed by atoms with Gasteiger partial charge in [0.05, 0.1) is 0 Å². The number of phenols is 1. The summed E-state index contributed by atoms with van der Waals surface area (Å²) in [4.78, 5) is 0. The second-order valence-corrected chi connectivity index (χ2v) is 11.2. The normalized spacial score (nSPS) is 34.7. The van der Waals surface area contributed by atoms with Crippen molar-refractivity contribution < 1.29 is 5.11 Å². The summed E-state index contributed by atoms with van der Waals surface area (Å²) in [5, 5.41) is 8.63. The Hall–Kier alpha value is -0.980. The van der Waals surface area contributed by atoms with Crippen LogP contribution in [0.15, 0.2) is 30.3 Å². The van der Waals surface area contributed by atoms with Crippen molar-refractivity contribution in [1.29, 1.82) is 0 Å². The topological polar surface area (TPSA) is 20.2 Å². The van der Waals surface area contributed by atoms with Gasteiger partial charge in [-0.2, -0.15) is 0 Å². The minimum atomic E-state index is 0.322. The van der Waals surface area contributed by atoms with Crippen molar-refractivity contribution in [3.63, 3.8) is 0 Å². The van der Waals surface area contributed by atoms with E-state index in [1.54, 1.807) is 114 Å². The van der Waals surface area contributed by atoms with Gasteiger partial charge in [-0.3, -0.25) is 0 Å². The summed E-state index contributed by atoms with van der Waals surface area (Å²) in [6.45, 7) is 16.0. The molecular formula is C36H66O. The summed E-state index contributed by atoms with van der Waals surface area (Å²) >= 11 is 0. The van der Waals surface area contributed by atoms with Crippen LogP contribution in [0.1, 0.15) is 145 Å². The Morgan fingerprint density at radius 1 is 0.432 bits per heavy atom. The highest BCUT2D eigenvalue weighted by Gasteiger charge is 2.48. The van der Waals surface area contributed by atoms with Crippen molar-refractivity contribution in [3.8, 4) is 5.75 Å². The molecule has 1 N–H and O–H groups in total. The number of fused-ring (bicyclic) bond motifs is 10. The Kier molecular flexibility index (Phi) is 18.4. The first-order valence-corrected chi connectivity index (χ1v) is 17.0. The van der Waals surface area contributed by atoms with Crippen molar-refractivity contribution in [2.24, 2.45) is 47.3 Å². The summed E-state index contributed by atoms with van der Waals surface area (Å²) in [6.07, 6.45) is 22.1. The number of phenolic OH excluding ortho intramolecular Hbond substituents is 1. The maximum absolute atomic E-state index is 8.63. The van der Waals surface area contributed by atoms with Crippen LogP contribution >= 0.6 is 0 Å². The minimum Gasteiger partial charge on any atom is -0.508 e. The molecule has 1 aromatic carbocycles. The lowest BCUT2D eigenvalue weighted by molar-refractivity contribution is 0.158. The highest BCUT2D eigenvalue weighted by Crippen LogP contribution is 2.58. The molecule has 1 nitrogen and oxygen atoms in total. The molecule has 0 saturated heterocycles. The van der Waals surface area contributed by atoms with Crippen LogP contribution in [0.5, 0.6) is 5.75 Å². The molecule has 0 radical (unpaired) electrons. The average molecular weight is 515 g/mol. The number of para-hydroxylation sites is 1. The monoisotopic (exact) mass is 515 g/mol. The molecule has 4 bridgehead atoms. The average Bonchev–Trinajstić information content (AvgIpc) is 3.82. The van der Waals surface area contributed by atoms with E-state index in [1.165, 1.54) is 47.3 Å². The molecule has 6 fully saturated rings. The van der Waals surface area contributed by atoms with Gasteiger partial charge in [-0.15, -0.1) is 0 Å². The van der Waals surface area contributed by atoms with Gasteiger partial charge in [0.25, 0.3) is 0 Å². The third kappa shape index (κ3) is 9.61. The van der Waals surface area contributed by atoms with E-state index in [0.29, 0.717) is 5.75 Å². The quantitative estimate of drug-likeness (QED) is 0.365. The molecule has 0 aromatic heterocycles. The number of hydrogen-bond donors (Lipinski definition) is 1. The van der Waals surface area contributed by atoms with Gasteiger partial charge in [-0.05, 0) is 124 Å². The van der Waals surface area contributed by atoms with Gasteiger partial charge in [-0.1, -0.05) is 99.3 Å². The molecule has 0 spiro atoms. The van der Waals surface area contributed by atoms with Gasteiger partial charge in [0, 0.05) is 0 Å². The van der Waals surface area contributed by atoms with E-state index >= 15 is 0 Å². The van der Waals surface area contributed by atoms with Crippen LogP contribution in [-0.4, -0.2) is 5.11 Å². The predicted molar refractivity (Wildman–Crippen MR) is 166 cm³/mol. The van der Waals surface area contributed by atoms with E-state index in [-0.39, 0.29) is 0 Å². The first-order chi connectivity index (χ1) is 18.3. The first kappa shape index (κ1) is 34.0. The molecule has 37 heavy (non-hydrogen) atoms. The SMILES string of the molecule is C1CCC2C3CCC(C3)C2C1.C1CCC2C3CCC(C3)C2C1.CC.CC.CC.CC.Oc1ccccc1. The van der Waals surface area contributed by atoms with Crippen LogP contribution in [0.2, 0.25) is 0 Å². The second-order valence-electron chi connectivity index (χ2n) is 11.2. The Labute approximate surface area is 233 Å². The van der Waals surface area contributed by atoms with E-state index in [1.807, 2.05) is 61.5 Å². The zero-order valence-corrected chi connectivity index (χ0v) is 26.4. The van der Waals surface area contributed by atoms with Crippen molar-refractivity contribution in [1.82, 2.24) is 0 Å². The van der Waals surface area contributed by atoms with E-state index in [2.05, 4.69) is 0 Å². The molecule has 0 aliphatic heterocycles. The smallest absolute Gasteiger partial charge is 0.115 e. The summed E-state index contributed by atoms with van der Waals surface area (Å²) in [5.74, 6) is 9.85. The lowest BCUT2D eigenvalue weighted by Gasteiger charge is -2.34. The zero-order chi connectivity index (χ0) is 27.6. The van der Waals surface area contributed by atoms with Gasteiger partial charge in [0.15, 0.2) is 0 Å². The van der Waals surface area contributed by atoms with E-state index in [0.717, 1.165) is 0 Å². The Bertz CT molecular complexity index is 565. The lowest BCUT2D eigenvalue weighted by Crippen LogP contribution is -2.25. The largest absolute Gasteiger partial charge is 0.508 e. The van der Waals surface area contributed by atoms with Gasteiger partial charge in [0.2, 0.25) is 0 Å². The molecule has 1 heteroatoms. The molecule has 6 saturated carbocycles. The molecule has 0 heterocycles. The zero-order valence-electron chi connectivity index (χ0n) is 26.4. The van der Waals surface area contributed by atoms with Gasteiger partial charge in [0.1, 0.15) is 5.75 Å². The highest BCUT2D eigenvalue weighted by molar-refractivity contribution is 5.18. The van der Waals surface area contributed by atoms with Crippen LogP contribution in [-0.2, 0) is 0 Å². The van der Waals surface area contributed by atoms with Crippen LogP contribution in [0.25, 0.3) is 0 Å². The van der Waals surface area contributed by atoms with Gasteiger partial charge in [-0.25, -0.2) is 0 Å². The Morgan fingerprint density at radius 2 is 0.703 bits per heavy atom. The second kappa shape index (κ2) is 20.0. The Balaban J connectivity index is 0.000000249. The fraction of sp³-hybridized carbons (Fsp3) is 0.833. The van der Waals surface area contributed by atoms with Crippen LogP contribution in [0.3, 0.4) is 0 Å². The Morgan fingerprint density at radius 3 is 0.919 bits per heavy atom. The van der Waals surface area contributed by atoms with Gasteiger partial charge >= 0.3 is 0 Å². The standard InChI is InChI=1S/2C11H18.C6H6O.4C2H6/c2*1-2-4-11-9-6-5-8(7-9)10(11)3-1;7-6-4-2-1-3-5-6;4*1-2/h2*8-11H,1-7H2;1-5,7H;4*1-2H3. The minimum absolute atomic E-state index is 0.322. The van der Waals surface area contributed by atoms with E-state index < -0.39 is 0 Å². The highest BCUT2D eigenvalue weighted by atomic mass is 16.3. The predicted octanol–water partition coefficient (Wildman–Crippen LogP) is 11.9. The summed E-state index contributed by atoms with van der Waals surface area (Å²) in [7, 11) is 0. The molecule has 216 valence electrons. The molecule has 7 rings (SSSR count). The first-order valence-electron chi connectivity index (χ1n) is 17.0. The van der Waals surface area contributed by atoms with Crippen LogP contribution in [0.4, 0.5) is 0 Å². The molecule has 6 aliphatic carbocycles. The van der Waals surface area contributed by atoms with E-state index in [4.69, 9.17) is 5.11 Å². The van der Waals surface area contributed by atoms with Gasteiger partial charge < -0.3 is 5.11 Å². The number of rotatable bonds is 0. The third-order valence-corrected chi connectivity index (χ3v) is 9.96. The molecule has 1 aromatic rings. The van der Waals surface area contributed by atoms with Crippen molar-refractivity contribution in [3.05, 3.63) is 30.3 Å².